The Labute approximate surface area is 93.5 Å². The van der Waals surface area contributed by atoms with Crippen LogP contribution < -0.4 is 0 Å². The quantitative estimate of drug-likeness (QED) is 0.555. The fraction of sp³-hybridized carbons (Fsp3) is 0.727. The van der Waals surface area contributed by atoms with Gasteiger partial charge in [-0.3, -0.25) is 19.5 Å². The van der Waals surface area contributed by atoms with Crippen molar-refractivity contribution in [3.63, 3.8) is 0 Å². The van der Waals surface area contributed by atoms with E-state index in [1.807, 2.05) is 6.92 Å². The summed E-state index contributed by atoms with van der Waals surface area (Å²) in [5.74, 6) is 0.561. The number of esters is 1. The topological polar surface area (TPSA) is 59.0 Å². The first-order valence-corrected chi connectivity index (χ1v) is 5.70. The molecule has 3 aliphatic rings. The molecule has 0 N–H and O–H groups in total. The summed E-state index contributed by atoms with van der Waals surface area (Å²) in [6.07, 6.45) is 1.59. The molecule has 1 spiro atoms. The van der Waals surface area contributed by atoms with Crippen LogP contribution in [0.1, 0.15) is 26.2 Å². The highest BCUT2D eigenvalue weighted by atomic mass is 16.6. The van der Waals surface area contributed by atoms with Gasteiger partial charge < -0.3 is 4.74 Å². The van der Waals surface area contributed by atoms with Gasteiger partial charge in [0, 0.05) is 19.4 Å². The summed E-state index contributed by atoms with van der Waals surface area (Å²) in [6.45, 7) is 3.13. The normalized spacial score (nSPS) is 37.7. The summed E-state index contributed by atoms with van der Waals surface area (Å²) in [6, 6.07) is 0. The number of ether oxygens (including phenoxy) is 1. The van der Waals surface area contributed by atoms with Gasteiger partial charge in [0.2, 0.25) is 5.91 Å². The van der Waals surface area contributed by atoms with Gasteiger partial charge in [-0.05, 0) is 13.3 Å². The number of hydrogen-bond donors (Lipinski definition) is 0. The van der Waals surface area contributed by atoms with Gasteiger partial charge >= 0.3 is 5.97 Å². The largest absolute Gasteiger partial charge is 0.462 e. The van der Waals surface area contributed by atoms with Gasteiger partial charge in [0.15, 0.2) is 0 Å². The molecule has 0 bridgehead atoms. The molecule has 0 aromatic rings. The lowest BCUT2D eigenvalue weighted by atomic mass is 9.76. The van der Waals surface area contributed by atoms with Crippen molar-refractivity contribution in [3.05, 3.63) is 0 Å². The van der Waals surface area contributed by atoms with E-state index in [4.69, 9.17) is 4.74 Å². The molecule has 2 unspecified atom stereocenters. The smallest absolute Gasteiger partial charge is 0.320 e. The number of nitrogens with zero attached hydrogens (tertiary/aromatic N) is 2. The number of aliphatic imine (C=N–C) groups is 1. The number of rotatable bonds is 0. The SMILES string of the molecule is CC1CC2(CCC(=O)N3CCN=C32)C(=O)O1. The van der Waals surface area contributed by atoms with Gasteiger partial charge in [0.1, 0.15) is 17.4 Å². The zero-order chi connectivity index (χ0) is 11.3. The van der Waals surface area contributed by atoms with Crippen molar-refractivity contribution in [1.29, 1.82) is 0 Å². The number of amidine groups is 1. The van der Waals surface area contributed by atoms with Gasteiger partial charge in [-0.2, -0.15) is 0 Å². The minimum Gasteiger partial charge on any atom is -0.462 e. The fourth-order valence-electron chi connectivity index (χ4n) is 2.96. The van der Waals surface area contributed by atoms with Crippen LogP contribution in [-0.4, -0.2) is 41.8 Å². The maximum atomic E-state index is 12.0. The third kappa shape index (κ3) is 1.08. The van der Waals surface area contributed by atoms with Crippen LogP contribution in [0.4, 0.5) is 0 Å². The molecule has 3 heterocycles. The zero-order valence-electron chi connectivity index (χ0n) is 9.23. The lowest BCUT2D eigenvalue weighted by Gasteiger charge is -2.35. The third-order valence-corrected chi connectivity index (χ3v) is 3.67. The van der Waals surface area contributed by atoms with E-state index in [1.165, 1.54) is 0 Å². The summed E-state index contributed by atoms with van der Waals surface area (Å²) in [4.78, 5) is 29.7. The van der Waals surface area contributed by atoms with Crippen LogP contribution in [0.3, 0.4) is 0 Å². The maximum absolute atomic E-state index is 12.0. The van der Waals surface area contributed by atoms with E-state index in [0.717, 1.165) is 0 Å². The van der Waals surface area contributed by atoms with E-state index >= 15 is 0 Å². The lowest BCUT2D eigenvalue weighted by Crippen LogP contribution is -2.51. The van der Waals surface area contributed by atoms with E-state index in [1.54, 1.807) is 4.90 Å². The van der Waals surface area contributed by atoms with E-state index < -0.39 is 5.41 Å². The Morgan fingerprint density at radius 1 is 1.50 bits per heavy atom. The molecule has 2 atom stereocenters. The van der Waals surface area contributed by atoms with Crippen molar-refractivity contribution >= 4 is 17.7 Å². The first kappa shape index (κ1) is 9.81. The first-order valence-electron chi connectivity index (χ1n) is 5.70. The molecule has 16 heavy (non-hydrogen) atoms. The number of piperidine rings is 1. The second-order valence-electron chi connectivity index (χ2n) is 4.75. The average molecular weight is 222 g/mol. The Kier molecular flexibility index (Phi) is 1.87. The summed E-state index contributed by atoms with van der Waals surface area (Å²) in [5, 5.41) is 0. The van der Waals surface area contributed by atoms with Crippen molar-refractivity contribution in [2.24, 2.45) is 10.4 Å². The van der Waals surface area contributed by atoms with Gasteiger partial charge in [-0.15, -0.1) is 0 Å². The minimum absolute atomic E-state index is 0.0640. The average Bonchev–Trinajstić information content (AvgIpc) is 2.80. The molecule has 1 amide bonds. The van der Waals surface area contributed by atoms with E-state index in [0.29, 0.717) is 38.2 Å². The maximum Gasteiger partial charge on any atom is 0.320 e. The van der Waals surface area contributed by atoms with Crippen LogP contribution in [0.2, 0.25) is 0 Å². The molecule has 0 aromatic carbocycles. The molecule has 86 valence electrons. The third-order valence-electron chi connectivity index (χ3n) is 3.67. The van der Waals surface area contributed by atoms with Crippen LogP contribution in [-0.2, 0) is 14.3 Å². The lowest BCUT2D eigenvalue weighted by molar-refractivity contribution is -0.147. The van der Waals surface area contributed by atoms with Crippen molar-refractivity contribution in [2.45, 2.75) is 32.3 Å². The number of carbonyl (C=O) groups is 2. The Hall–Kier alpha value is -1.39. The standard InChI is InChI=1S/C11H14N2O3/c1-7-6-11(10(15)16-7)3-2-8(14)13-5-4-12-9(11)13/h7H,2-6H2,1H3. The van der Waals surface area contributed by atoms with Crippen molar-refractivity contribution in [1.82, 2.24) is 4.90 Å². The Bertz CT molecular complexity index is 404. The molecule has 5 nitrogen and oxygen atoms in total. The number of amides is 1. The van der Waals surface area contributed by atoms with Crippen LogP contribution in [0.5, 0.6) is 0 Å². The number of carbonyl (C=O) groups excluding carboxylic acids is 2. The van der Waals surface area contributed by atoms with Crippen LogP contribution in [0.15, 0.2) is 4.99 Å². The molecule has 0 aliphatic carbocycles. The first-order chi connectivity index (χ1) is 7.63. The minimum atomic E-state index is -0.621. The molecule has 3 rings (SSSR count). The second-order valence-corrected chi connectivity index (χ2v) is 4.75. The molecule has 5 heteroatoms. The highest BCUT2D eigenvalue weighted by Crippen LogP contribution is 2.44. The zero-order valence-corrected chi connectivity index (χ0v) is 9.23. The van der Waals surface area contributed by atoms with Gasteiger partial charge in [-0.1, -0.05) is 0 Å². The van der Waals surface area contributed by atoms with Crippen molar-refractivity contribution in [3.8, 4) is 0 Å². The van der Waals surface area contributed by atoms with Crippen molar-refractivity contribution < 1.29 is 14.3 Å². The monoisotopic (exact) mass is 222 g/mol. The molecule has 3 aliphatic heterocycles. The summed E-state index contributed by atoms with van der Waals surface area (Å²) >= 11 is 0. The molecule has 0 saturated carbocycles. The van der Waals surface area contributed by atoms with Crippen LogP contribution in [0, 0.1) is 5.41 Å². The van der Waals surface area contributed by atoms with E-state index in [-0.39, 0.29) is 18.0 Å². The fourth-order valence-corrected chi connectivity index (χ4v) is 2.96. The number of cyclic esters (lactones) is 1. The Morgan fingerprint density at radius 3 is 3.00 bits per heavy atom. The Morgan fingerprint density at radius 2 is 2.31 bits per heavy atom. The predicted molar refractivity (Wildman–Crippen MR) is 55.9 cm³/mol. The molecular formula is C11H14N2O3. The van der Waals surface area contributed by atoms with E-state index in [2.05, 4.69) is 4.99 Å². The Balaban J connectivity index is 2.02. The van der Waals surface area contributed by atoms with Crippen LogP contribution >= 0.6 is 0 Å². The number of hydrogen-bond acceptors (Lipinski definition) is 4. The molecule has 0 aromatic heterocycles. The van der Waals surface area contributed by atoms with Gasteiger partial charge in [0.25, 0.3) is 0 Å². The highest BCUT2D eigenvalue weighted by Gasteiger charge is 2.57. The van der Waals surface area contributed by atoms with Crippen LogP contribution in [0.25, 0.3) is 0 Å². The predicted octanol–water partition coefficient (Wildman–Crippen LogP) is 0.343. The molecular weight excluding hydrogens is 208 g/mol. The molecule has 2 saturated heterocycles. The molecule has 0 radical (unpaired) electrons. The second kappa shape index (κ2) is 3.06. The van der Waals surface area contributed by atoms with E-state index in [9.17, 15) is 9.59 Å². The molecule has 2 fully saturated rings. The summed E-state index contributed by atoms with van der Waals surface area (Å²) in [7, 11) is 0. The van der Waals surface area contributed by atoms with Gasteiger partial charge in [-0.25, -0.2) is 0 Å². The van der Waals surface area contributed by atoms with Crippen molar-refractivity contribution in [2.75, 3.05) is 13.1 Å². The summed E-state index contributed by atoms with van der Waals surface area (Å²) < 4.78 is 5.24. The highest BCUT2D eigenvalue weighted by molar-refractivity contribution is 6.14. The van der Waals surface area contributed by atoms with Gasteiger partial charge in [0.05, 0.1) is 6.54 Å². The number of fused-ring (bicyclic) bond motifs is 2. The summed E-state index contributed by atoms with van der Waals surface area (Å²) in [5.41, 5.74) is -0.621.